The highest BCUT2D eigenvalue weighted by Crippen LogP contribution is 2.51. The van der Waals surface area contributed by atoms with E-state index in [9.17, 15) is 53.8 Å². The van der Waals surface area contributed by atoms with Gasteiger partial charge in [-0.2, -0.15) is 26.3 Å². The summed E-state index contributed by atoms with van der Waals surface area (Å²) in [7, 11) is -4.86. The number of carbonyl (C=O) groups excluding carboxylic acids is 2. The number of fused-ring (bicyclic) bond motifs is 2. The number of aliphatic hydroxyl groups is 1. The number of aryl methyl sites for hydroxylation is 1. The van der Waals surface area contributed by atoms with E-state index in [2.05, 4.69) is 0 Å². The second-order valence-electron chi connectivity index (χ2n) is 12.6. The van der Waals surface area contributed by atoms with E-state index in [1.165, 1.54) is 6.92 Å². The van der Waals surface area contributed by atoms with Crippen LogP contribution >= 0.6 is 0 Å². The summed E-state index contributed by atoms with van der Waals surface area (Å²) in [4.78, 5) is 24.6. The molecule has 2 heterocycles. The molecule has 0 spiro atoms. The van der Waals surface area contributed by atoms with Crippen LogP contribution < -0.4 is 14.8 Å². The molecule has 1 unspecified atom stereocenters. The molecule has 0 aliphatic carbocycles. The zero-order valence-corrected chi connectivity index (χ0v) is 27.4. The molecule has 3 aromatic rings. The van der Waals surface area contributed by atoms with Crippen LogP contribution in [0.2, 0.25) is 0 Å². The Morgan fingerprint density at radius 2 is 1.60 bits per heavy atom. The Balaban J connectivity index is 1.62. The van der Waals surface area contributed by atoms with E-state index < -0.39 is 86.1 Å². The van der Waals surface area contributed by atoms with Gasteiger partial charge in [-0.05, 0) is 93.3 Å². The minimum atomic E-state index is -6.21. The van der Waals surface area contributed by atoms with Crippen molar-refractivity contribution in [2.24, 2.45) is 5.73 Å². The molecule has 17 heteroatoms. The number of alkyl halides is 6. The largest absolute Gasteiger partial charge is 0.485 e. The number of carbonyl (C=O) groups is 2. The van der Waals surface area contributed by atoms with Crippen LogP contribution in [0.15, 0.2) is 65.6 Å². The molecule has 0 bridgehead atoms. The summed E-state index contributed by atoms with van der Waals surface area (Å²) < 4.78 is 138. The van der Waals surface area contributed by atoms with Crippen molar-refractivity contribution in [2.75, 3.05) is 4.31 Å². The van der Waals surface area contributed by atoms with Gasteiger partial charge in [-0.25, -0.2) is 12.8 Å². The third-order valence-corrected chi connectivity index (χ3v) is 10.8. The molecule has 2 aliphatic rings. The molecule has 1 amide bonds. The first-order valence-electron chi connectivity index (χ1n) is 15.1. The number of benzene rings is 3. The molecule has 5 rings (SSSR count). The number of halogens is 7. The highest BCUT2D eigenvalue weighted by molar-refractivity contribution is 7.92. The van der Waals surface area contributed by atoms with Gasteiger partial charge in [0, 0.05) is 17.5 Å². The summed E-state index contributed by atoms with van der Waals surface area (Å²) in [5, 5.41) is 10.0. The third-order valence-electron chi connectivity index (χ3n) is 8.90. The number of amides is 1. The van der Waals surface area contributed by atoms with Crippen molar-refractivity contribution in [3.8, 4) is 5.75 Å². The Bertz CT molecular complexity index is 1920. The van der Waals surface area contributed by atoms with Gasteiger partial charge in [0.15, 0.2) is 11.9 Å². The SMILES string of the molecule is CC(=O)c1ccc2c(c1)C[C@H](OC(C(N)=O)[C@@H]1CCc3cc(C(O)(C(F)(F)F)C(F)(F)F)ccc3N1S(=O)(=O)c1ccc(F)cc1)C(C)(C)O2. The summed E-state index contributed by atoms with van der Waals surface area (Å²) in [6.07, 6.45) is -15.9. The van der Waals surface area contributed by atoms with Crippen molar-refractivity contribution in [2.45, 2.75) is 86.7 Å². The molecular weight excluding hydrogens is 701 g/mol. The number of ketones is 1. The highest BCUT2D eigenvalue weighted by Gasteiger charge is 2.71. The van der Waals surface area contributed by atoms with E-state index in [-0.39, 0.29) is 30.3 Å². The molecular formula is C33H31F7N2O7S. The van der Waals surface area contributed by atoms with Gasteiger partial charge in [-0.1, -0.05) is 12.1 Å². The molecule has 50 heavy (non-hydrogen) atoms. The van der Waals surface area contributed by atoms with Gasteiger partial charge < -0.3 is 20.3 Å². The van der Waals surface area contributed by atoms with Gasteiger partial charge in [-0.3, -0.25) is 13.9 Å². The smallest absolute Gasteiger partial charge is 0.430 e. The van der Waals surface area contributed by atoms with Gasteiger partial charge in [0.25, 0.3) is 15.6 Å². The maximum atomic E-state index is 14.2. The number of nitrogens with zero attached hydrogens (tertiary/aromatic N) is 1. The van der Waals surface area contributed by atoms with Gasteiger partial charge >= 0.3 is 12.4 Å². The van der Waals surface area contributed by atoms with Crippen molar-refractivity contribution in [1.29, 1.82) is 0 Å². The molecule has 3 aromatic carbocycles. The standard InChI is InChI=1S/C33H31F7N2O7S/c1-17(43)18-5-13-26-20(14-18)16-27(30(2,3)49-26)48-28(29(41)44)25-11-4-19-15-21(31(45,32(35,36)37)33(38,39)40)6-12-24(19)42(25)50(46,47)23-9-7-22(34)8-10-23/h5-10,12-15,25,27-28,45H,4,11,16H2,1-3H3,(H2,41,44)/t25-,27-,28?/m0/s1. The fourth-order valence-electron chi connectivity index (χ4n) is 6.20. The first kappa shape index (κ1) is 37.0. The number of hydrogen-bond acceptors (Lipinski definition) is 7. The van der Waals surface area contributed by atoms with E-state index in [0.29, 0.717) is 33.3 Å². The van der Waals surface area contributed by atoms with Crippen LogP contribution in [0.1, 0.15) is 54.2 Å². The van der Waals surface area contributed by atoms with Crippen molar-refractivity contribution in [3.63, 3.8) is 0 Å². The van der Waals surface area contributed by atoms with E-state index >= 15 is 0 Å². The number of anilines is 1. The van der Waals surface area contributed by atoms with Crippen molar-refractivity contribution >= 4 is 27.4 Å². The second-order valence-corrected chi connectivity index (χ2v) is 14.5. The van der Waals surface area contributed by atoms with E-state index in [0.717, 1.165) is 24.3 Å². The maximum absolute atomic E-state index is 14.2. The second kappa shape index (κ2) is 12.5. The van der Waals surface area contributed by atoms with Gasteiger partial charge in [-0.15, -0.1) is 0 Å². The average Bonchev–Trinajstić information content (AvgIpc) is 3.00. The van der Waals surface area contributed by atoms with E-state index in [1.54, 1.807) is 32.0 Å². The van der Waals surface area contributed by atoms with Gasteiger partial charge in [0.1, 0.15) is 23.3 Å². The molecule has 3 atom stereocenters. The minimum absolute atomic E-state index is 0.0675. The molecule has 9 nitrogen and oxygen atoms in total. The lowest BCUT2D eigenvalue weighted by molar-refractivity contribution is -0.376. The zero-order valence-electron chi connectivity index (χ0n) is 26.6. The number of nitrogens with two attached hydrogens (primary N) is 1. The molecule has 0 fully saturated rings. The van der Waals surface area contributed by atoms with Crippen LogP contribution in [0, 0.1) is 5.82 Å². The Morgan fingerprint density at radius 3 is 2.16 bits per heavy atom. The first-order valence-corrected chi connectivity index (χ1v) is 16.5. The summed E-state index contributed by atoms with van der Waals surface area (Å²) in [5.74, 6) is -1.78. The lowest BCUT2D eigenvalue weighted by Crippen LogP contribution is -2.59. The first-order chi connectivity index (χ1) is 23.0. The van der Waals surface area contributed by atoms with Crippen molar-refractivity contribution < 1.29 is 63.3 Å². The van der Waals surface area contributed by atoms with Crippen LogP contribution in [0.5, 0.6) is 5.75 Å². The van der Waals surface area contributed by atoms with Crippen molar-refractivity contribution in [3.05, 3.63) is 88.7 Å². The lowest BCUT2D eigenvalue weighted by Gasteiger charge is -2.45. The summed E-state index contributed by atoms with van der Waals surface area (Å²) >= 11 is 0. The minimum Gasteiger partial charge on any atom is -0.485 e. The normalized spacial score (nSPS) is 19.9. The van der Waals surface area contributed by atoms with E-state index in [4.69, 9.17) is 15.2 Å². The Kier molecular flexibility index (Phi) is 9.28. The number of hydrogen-bond donors (Lipinski definition) is 2. The lowest BCUT2D eigenvalue weighted by atomic mass is 9.86. The summed E-state index contributed by atoms with van der Waals surface area (Å²) in [6, 6.07) is 7.98. The van der Waals surface area contributed by atoms with Crippen molar-refractivity contribution in [1.82, 2.24) is 0 Å². The molecule has 270 valence electrons. The van der Waals surface area contributed by atoms with Crippen LogP contribution in [0.3, 0.4) is 0 Å². The molecule has 0 radical (unpaired) electrons. The number of ether oxygens (including phenoxy) is 2. The maximum Gasteiger partial charge on any atom is 0.430 e. The van der Waals surface area contributed by atoms with Crippen LogP contribution in [-0.2, 0) is 38.0 Å². The predicted octanol–water partition coefficient (Wildman–Crippen LogP) is 5.50. The number of primary amides is 1. The van der Waals surface area contributed by atoms with Gasteiger partial charge in [0.2, 0.25) is 5.91 Å². The fraction of sp³-hybridized carbons (Fsp3) is 0.394. The summed E-state index contributed by atoms with van der Waals surface area (Å²) in [5.41, 5.74) is -2.16. The van der Waals surface area contributed by atoms with E-state index in [1.807, 2.05) is 0 Å². The molecule has 3 N–H and O–H groups in total. The molecule has 0 aromatic heterocycles. The fourth-order valence-corrected chi connectivity index (χ4v) is 7.92. The van der Waals surface area contributed by atoms with Crippen LogP contribution in [0.25, 0.3) is 0 Å². The molecule has 0 saturated heterocycles. The predicted molar refractivity (Wildman–Crippen MR) is 163 cm³/mol. The Morgan fingerprint density at radius 1 is 0.980 bits per heavy atom. The third kappa shape index (κ3) is 6.41. The monoisotopic (exact) mass is 732 g/mol. The average molecular weight is 733 g/mol. The molecule has 2 aliphatic heterocycles. The van der Waals surface area contributed by atoms with Crippen LogP contribution in [0.4, 0.5) is 36.4 Å². The topological polar surface area (TPSA) is 136 Å². The zero-order chi connectivity index (χ0) is 37.2. The Labute approximate surface area is 281 Å². The molecule has 0 saturated carbocycles. The van der Waals surface area contributed by atoms with Crippen LogP contribution in [-0.4, -0.2) is 61.4 Å². The van der Waals surface area contributed by atoms with Gasteiger partial charge in [0.05, 0.1) is 16.6 Å². The highest BCUT2D eigenvalue weighted by atomic mass is 32.2. The Hall–Kier alpha value is -4.22. The summed E-state index contributed by atoms with van der Waals surface area (Å²) in [6.45, 7) is 4.62. The quantitative estimate of drug-likeness (QED) is 0.231. The number of Topliss-reactive ketones (excluding diaryl/α,β-unsaturated/α-hetero) is 1. The number of sulfonamides is 1. The number of rotatable bonds is 8.